The molecule has 0 unspecified atom stereocenters. The monoisotopic (exact) mass is 319 g/mol. The molecular weight excluding hydrogens is 301 g/mol. The number of halogens is 2. The molecule has 0 saturated carbocycles. The molecule has 1 aliphatic heterocycles. The fraction of sp³-hybridized carbons (Fsp3) is 0.500. The van der Waals surface area contributed by atoms with E-state index in [4.69, 9.17) is 21.4 Å². The fourth-order valence-electron chi connectivity index (χ4n) is 2.45. The molecular formula is C14H19Cl2NO3. The van der Waals surface area contributed by atoms with E-state index < -0.39 is 5.97 Å². The highest BCUT2D eigenvalue weighted by molar-refractivity contribution is 6.30. The maximum absolute atomic E-state index is 10.9. The highest BCUT2D eigenvalue weighted by Gasteiger charge is 2.24. The summed E-state index contributed by atoms with van der Waals surface area (Å²) < 4.78 is 5.32. The molecule has 0 atom stereocenters. The Morgan fingerprint density at radius 1 is 1.45 bits per heavy atom. The molecule has 112 valence electrons. The van der Waals surface area contributed by atoms with Crippen molar-refractivity contribution in [2.45, 2.75) is 19.4 Å². The minimum atomic E-state index is -0.681. The van der Waals surface area contributed by atoms with E-state index in [9.17, 15) is 4.79 Å². The number of benzene rings is 1. The van der Waals surface area contributed by atoms with Gasteiger partial charge in [0.25, 0.3) is 0 Å². The summed E-state index contributed by atoms with van der Waals surface area (Å²) in [5.74, 6) is -0.0535. The number of ether oxygens (including phenoxy) is 1. The van der Waals surface area contributed by atoms with Gasteiger partial charge in [-0.15, -0.1) is 12.4 Å². The predicted octanol–water partition coefficient (Wildman–Crippen LogP) is 3.07. The molecule has 2 rings (SSSR count). The first kappa shape index (κ1) is 17.1. The van der Waals surface area contributed by atoms with E-state index in [1.54, 1.807) is 13.2 Å². The summed E-state index contributed by atoms with van der Waals surface area (Å²) in [7, 11) is 1.64. The molecule has 20 heavy (non-hydrogen) atoms. The molecule has 6 heteroatoms. The molecule has 1 aromatic rings. The molecule has 1 heterocycles. The Bertz CT molecular complexity index is 460. The van der Waals surface area contributed by atoms with Crippen LogP contribution in [0.3, 0.4) is 0 Å². The van der Waals surface area contributed by atoms with Gasteiger partial charge >= 0.3 is 5.97 Å². The van der Waals surface area contributed by atoms with Crippen molar-refractivity contribution in [1.29, 1.82) is 0 Å². The SMILES string of the molecule is COc1ccc(Cl)cc1CN1CCC(C(=O)O)CC1.Cl. The summed E-state index contributed by atoms with van der Waals surface area (Å²) in [5.41, 5.74) is 1.05. The van der Waals surface area contributed by atoms with E-state index in [0.29, 0.717) is 17.9 Å². The average molecular weight is 320 g/mol. The molecule has 4 nitrogen and oxygen atoms in total. The minimum Gasteiger partial charge on any atom is -0.496 e. The van der Waals surface area contributed by atoms with E-state index in [-0.39, 0.29) is 18.3 Å². The largest absolute Gasteiger partial charge is 0.496 e. The molecule has 0 radical (unpaired) electrons. The Morgan fingerprint density at radius 3 is 2.65 bits per heavy atom. The molecule has 0 aliphatic carbocycles. The van der Waals surface area contributed by atoms with Crippen LogP contribution in [0.1, 0.15) is 18.4 Å². The Labute approximate surface area is 130 Å². The molecule has 0 aromatic heterocycles. The van der Waals surface area contributed by atoms with Crippen molar-refractivity contribution in [3.05, 3.63) is 28.8 Å². The number of nitrogens with zero attached hydrogens (tertiary/aromatic N) is 1. The van der Waals surface area contributed by atoms with E-state index in [1.807, 2.05) is 12.1 Å². The van der Waals surface area contributed by atoms with Gasteiger partial charge in [0, 0.05) is 17.1 Å². The van der Waals surface area contributed by atoms with E-state index in [2.05, 4.69) is 4.90 Å². The lowest BCUT2D eigenvalue weighted by atomic mass is 9.97. The summed E-state index contributed by atoms with van der Waals surface area (Å²) in [6.07, 6.45) is 1.41. The maximum atomic E-state index is 10.9. The normalized spacial score (nSPS) is 16.5. The second-order valence-corrected chi connectivity index (χ2v) is 5.28. The first-order valence-electron chi connectivity index (χ1n) is 6.37. The second-order valence-electron chi connectivity index (χ2n) is 4.84. The van der Waals surface area contributed by atoms with E-state index in [0.717, 1.165) is 30.9 Å². The summed E-state index contributed by atoms with van der Waals surface area (Å²) in [6, 6.07) is 5.58. The number of aliphatic carboxylic acids is 1. The zero-order valence-electron chi connectivity index (χ0n) is 11.3. The van der Waals surface area contributed by atoms with Gasteiger partial charge in [0.2, 0.25) is 0 Å². The van der Waals surface area contributed by atoms with Gasteiger partial charge in [-0.2, -0.15) is 0 Å². The van der Waals surface area contributed by atoms with Gasteiger partial charge in [-0.1, -0.05) is 11.6 Å². The smallest absolute Gasteiger partial charge is 0.306 e. The number of carbonyl (C=O) groups is 1. The molecule has 0 amide bonds. The first-order valence-corrected chi connectivity index (χ1v) is 6.75. The lowest BCUT2D eigenvalue weighted by molar-refractivity contribution is -0.143. The van der Waals surface area contributed by atoms with Crippen molar-refractivity contribution in [2.24, 2.45) is 5.92 Å². The molecule has 1 N–H and O–H groups in total. The number of hydrogen-bond donors (Lipinski definition) is 1. The van der Waals surface area contributed by atoms with Crippen LogP contribution in [0, 0.1) is 5.92 Å². The Kier molecular flexibility index (Phi) is 6.59. The molecule has 0 spiro atoms. The number of carboxylic acid groups (broad SMARTS) is 1. The summed E-state index contributed by atoms with van der Waals surface area (Å²) in [5, 5.41) is 9.67. The maximum Gasteiger partial charge on any atom is 0.306 e. The second kappa shape index (κ2) is 7.72. The highest BCUT2D eigenvalue weighted by Crippen LogP contribution is 2.26. The number of rotatable bonds is 4. The van der Waals surface area contributed by atoms with Crippen LogP contribution in [0.25, 0.3) is 0 Å². The first-order chi connectivity index (χ1) is 9.10. The molecule has 1 aliphatic rings. The van der Waals surface area contributed by atoms with Gasteiger partial charge in [0.15, 0.2) is 0 Å². The van der Waals surface area contributed by atoms with E-state index >= 15 is 0 Å². The van der Waals surface area contributed by atoms with Crippen LogP contribution in [0.15, 0.2) is 18.2 Å². The van der Waals surface area contributed by atoms with Gasteiger partial charge in [-0.25, -0.2) is 0 Å². The zero-order valence-corrected chi connectivity index (χ0v) is 12.9. The van der Waals surface area contributed by atoms with Crippen molar-refractivity contribution in [3.63, 3.8) is 0 Å². The van der Waals surface area contributed by atoms with Crippen LogP contribution in [-0.4, -0.2) is 36.2 Å². The molecule has 0 bridgehead atoms. The van der Waals surface area contributed by atoms with Crippen LogP contribution < -0.4 is 4.74 Å². The Balaban J connectivity index is 0.00000200. The minimum absolute atomic E-state index is 0. The van der Waals surface area contributed by atoms with Crippen molar-refractivity contribution in [1.82, 2.24) is 4.90 Å². The lowest BCUT2D eigenvalue weighted by Crippen LogP contribution is -2.35. The van der Waals surface area contributed by atoms with Crippen molar-refractivity contribution in [2.75, 3.05) is 20.2 Å². The molecule has 1 saturated heterocycles. The standard InChI is InChI=1S/C14H18ClNO3.ClH/c1-19-13-3-2-12(15)8-11(13)9-16-6-4-10(5-7-16)14(17)18;/h2-3,8,10H,4-7,9H2,1H3,(H,17,18);1H. The quantitative estimate of drug-likeness (QED) is 0.926. The Morgan fingerprint density at radius 2 is 2.10 bits per heavy atom. The summed E-state index contributed by atoms with van der Waals surface area (Å²) >= 11 is 6.00. The van der Waals surface area contributed by atoms with Crippen LogP contribution in [0.4, 0.5) is 0 Å². The third-order valence-corrected chi connectivity index (χ3v) is 3.81. The van der Waals surface area contributed by atoms with E-state index in [1.165, 1.54) is 0 Å². The van der Waals surface area contributed by atoms with Gasteiger partial charge in [-0.05, 0) is 44.1 Å². The predicted molar refractivity (Wildman–Crippen MR) is 80.9 cm³/mol. The number of likely N-dealkylation sites (tertiary alicyclic amines) is 1. The number of carboxylic acids is 1. The van der Waals surface area contributed by atoms with Gasteiger partial charge in [0.1, 0.15) is 5.75 Å². The molecule has 1 aromatic carbocycles. The average Bonchev–Trinajstić information content (AvgIpc) is 2.39. The number of hydrogen-bond acceptors (Lipinski definition) is 3. The van der Waals surface area contributed by atoms with Crippen molar-refractivity contribution in [3.8, 4) is 5.75 Å². The Hall–Kier alpha value is -0.970. The number of piperidine rings is 1. The topological polar surface area (TPSA) is 49.8 Å². The van der Waals surface area contributed by atoms with Crippen LogP contribution in [0.2, 0.25) is 5.02 Å². The summed E-state index contributed by atoms with van der Waals surface area (Å²) in [6.45, 7) is 2.34. The van der Waals surface area contributed by atoms with Crippen LogP contribution >= 0.6 is 24.0 Å². The highest BCUT2D eigenvalue weighted by atomic mass is 35.5. The fourth-order valence-corrected chi connectivity index (χ4v) is 2.64. The third-order valence-electron chi connectivity index (χ3n) is 3.57. The third kappa shape index (κ3) is 4.27. The van der Waals surface area contributed by atoms with Crippen LogP contribution in [-0.2, 0) is 11.3 Å². The van der Waals surface area contributed by atoms with Crippen LogP contribution in [0.5, 0.6) is 5.75 Å². The van der Waals surface area contributed by atoms with Crippen molar-refractivity contribution < 1.29 is 14.6 Å². The van der Waals surface area contributed by atoms with Gasteiger partial charge < -0.3 is 9.84 Å². The summed E-state index contributed by atoms with van der Waals surface area (Å²) in [4.78, 5) is 13.2. The zero-order chi connectivity index (χ0) is 13.8. The van der Waals surface area contributed by atoms with Gasteiger partial charge in [0.05, 0.1) is 13.0 Å². The lowest BCUT2D eigenvalue weighted by Gasteiger charge is -2.30. The van der Waals surface area contributed by atoms with Crippen molar-refractivity contribution >= 4 is 30.0 Å². The number of methoxy groups -OCH3 is 1. The van der Waals surface area contributed by atoms with Gasteiger partial charge in [-0.3, -0.25) is 9.69 Å². The molecule has 1 fully saturated rings.